The Morgan fingerprint density at radius 1 is 1.50 bits per heavy atom. The van der Waals surface area contributed by atoms with E-state index in [1.54, 1.807) is 0 Å². The number of aldehydes is 1. The van der Waals surface area contributed by atoms with Crippen molar-refractivity contribution < 1.29 is 4.79 Å². The van der Waals surface area contributed by atoms with Crippen LogP contribution in [0.3, 0.4) is 0 Å². The van der Waals surface area contributed by atoms with Crippen LogP contribution in [0, 0.1) is 0 Å². The topological polar surface area (TPSA) is 61.1 Å². The first-order valence-corrected chi connectivity index (χ1v) is 3.37. The number of carbonyl (C=O) groups excluding carboxylic acids is 1. The minimum atomic E-state index is -0.477. The Morgan fingerprint density at radius 3 is 2.75 bits per heavy atom. The molecule has 0 fully saturated rings. The van der Waals surface area contributed by atoms with Gasteiger partial charge in [-0.1, -0.05) is 0 Å². The van der Waals surface area contributed by atoms with Gasteiger partial charge in [0.25, 0.3) is 5.56 Å². The van der Waals surface area contributed by atoms with Gasteiger partial charge in [-0.15, -0.1) is 0 Å². The van der Waals surface area contributed by atoms with Crippen molar-refractivity contribution in [2.24, 2.45) is 7.05 Å². The van der Waals surface area contributed by atoms with Crippen LogP contribution in [-0.4, -0.2) is 15.4 Å². The molecule has 0 aliphatic heterocycles. The second-order valence-electron chi connectivity index (χ2n) is 2.32. The zero-order valence-corrected chi connectivity index (χ0v) is 6.56. The molecule has 1 rings (SSSR count). The van der Waals surface area contributed by atoms with Crippen LogP contribution in [-0.2, 0) is 18.4 Å². The highest BCUT2D eigenvalue weighted by atomic mass is 16.2. The standard InChI is InChI=1S/C7H8N2O3/c1-8-3-2-6(11)9(4-5-10)7(8)12/h2-3,5H,4H2,1H3. The van der Waals surface area contributed by atoms with Crippen molar-refractivity contribution in [2.45, 2.75) is 6.54 Å². The molecule has 0 unspecified atom stereocenters. The third-order valence-electron chi connectivity index (χ3n) is 1.50. The summed E-state index contributed by atoms with van der Waals surface area (Å²) in [7, 11) is 1.52. The molecule has 0 radical (unpaired) electrons. The molecule has 1 heterocycles. The quantitative estimate of drug-likeness (QED) is 0.518. The molecule has 5 nitrogen and oxygen atoms in total. The first-order valence-electron chi connectivity index (χ1n) is 3.37. The summed E-state index contributed by atoms with van der Waals surface area (Å²) in [5.41, 5.74) is -0.931. The summed E-state index contributed by atoms with van der Waals surface area (Å²) in [6.45, 7) is -0.188. The van der Waals surface area contributed by atoms with Crippen LogP contribution < -0.4 is 11.2 Å². The van der Waals surface area contributed by atoms with Crippen LogP contribution in [0.5, 0.6) is 0 Å². The van der Waals surface area contributed by atoms with Crippen molar-refractivity contribution in [1.29, 1.82) is 0 Å². The molecule has 1 aromatic rings. The highest BCUT2D eigenvalue weighted by Gasteiger charge is 1.99. The predicted molar refractivity (Wildman–Crippen MR) is 42.0 cm³/mol. The van der Waals surface area contributed by atoms with Crippen molar-refractivity contribution in [3.63, 3.8) is 0 Å². The number of carbonyl (C=O) groups is 1. The number of aromatic nitrogens is 2. The van der Waals surface area contributed by atoms with E-state index in [1.165, 1.54) is 23.9 Å². The summed E-state index contributed by atoms with van der Waals surface area (Å²) in [6.07, 6.45) is 1.88. The van der Waals surface area contributed by atoms with Gasteiger partial charge in [-0.05, 0) is 0 Å². The Kier molecular flexibility index (Phi) is 2.23. The maximum Gasteiger partial charge on any atom is 0.331 e. The number of nitrogens with zero attached hydrogens (tertiary/aromatic N) is 2. The SMILES string of the molecule is Cn1ccc(=O)n(CC=O)c1=O. The molecule has 0 saturated heterocycles. The van der Waals surface area contributed by atoms with Gasteiger partial charge in [0, 0.05) is 19.3 Å². The van der Waals surface area contributed by atoms with Gasteiger partial charge in [0.15, 0.2) is 0 Å². The summed E-state index contributed by atoms with van der Waals surface area (Å²) < 4.78 is 2.11. The van der Waals surface area contributed by atoms with E-state index in [-0.39, 0.29) is 6.54 Å². The Bertz CT molecular complexity index is 402. The van der Waals surface area contributed by atoms with E-state index < -0.39 is 11.2 Å². The van der Waals surface area contributed by atoms with Gasteiger partial charge in [0.2, 0.25) is 0 Å². The zero-order valence-electron chi connectivity index (χ0n) is 6.56. The second kappa shape index (κ2) is 3.17. The minimum Gasteiger partial charge on any atom is -0.303 e. The molecule has 0 spiro atoms. The summed E-state index contributed by atoms with van der Waals surface area (Å²) in [5, 5.41) is 0. The van der Waals surface area contributed by atoms with E-state index in [1.807, 2.05) is 0 Å². The summed E-state index contributed by atoms with van der Waals surface area (Å²) in [4.78, 5) is 32.2. The fourth-order valence-corrected chi connectivity index (χ4v) is 0.857. The molecule has 0 N–H and O–H groups in total. The van der Waals surface area contributed by atoms with E-state index in [0.29, 0.717) is 6.29 Å². The lowest BCUT2D eigenvalue weighted by atomic mass is 10.6. The molecule has 0 atom stereocenters. The molecule has 5 heteroatoms. The summed E-state index contributed by atoms with van der Waals surface area (Å²) in [5.74, 6) is 0. The van der Waals surface area contributed by atoms with Gasteiger partial charge in [-0.25, -0.2) is 4.79 Å². The van der Waals surface area contributed by atoms with Gasteiger partial charge in [0.1, 0.15) is 6.29 Å². The van der Waals surface area contributed by atoms with Gasteiger partial charge >= 0.3 is 5.69 Å². The smallest absolute Gasteiger partial charge is 0.303 e. The van der Waals surface area contributed by atoms with Crippen molar-refractivity contribution in [1.82, 2.24) is 9.13 Å². The first-order chi connectivity index (χ1) is 5.66. The highest BCUT2D eigenvalue weighted by molar-refractivity contribution is 5.48. The van der Waals surface area contributed by atoms with E-state index in [9.17, 15) is 14.4 Å². The predicted octanol–water partition coefficient (Wildman–Crippen LogP) is -1.25. The fraction of sp³-hybridized carbons (Fsp3) is 0.286. The Labute approximate surface area is 67.9 Å². The van der Waals surface area contributed by atoms with Crippen molar-refractivity contribution in [3.8, 4) is 0 Å². The number of rotatable bonds is 2. The molecule has 0 aliphatic carbocycles. The molecule has 64 valence electrons. The molecular weight excluding hydrogens is 160 g/mol. The maximum absolute atomic E-state index is 11.1. The van der Waals surface area contributed by atoms with Crippen LogP contribution in [0.1, 0.15) is 0 Å². The lowest BCUT2D eigenvalue weighted by Gasteiger charge is -2.00. The van der Waals surface area contributed by atoms with Crippen molar-refractivity contribution >= 4 is 6.29 Å². The van der Waals surface area contributed by atoms with Crippen LogP contribution in [0.2, 0.25) is 0 Å². The molecule has 0 aliphatic rings. The van der Waals surface area contributed by atoms with E-state index in [2.05, 4.69) is 0 Å². The highest BCUT2D eigenvalue weighted by Crippen LogP contribution is 1.70. The zero-order chi connectivity index (χ0) is 9.14. The normalized spacial score (nSPS) is 9.75. The fourth-order valence-electron chi connectivity index (χ4n) is 0.857. The third-order valence-corrected chi connectivity index (χ3v) is 1.50. The van der Waals surface area contributed by atoms with Gasteiger partial charge in [-0.2, -0.15) is 0 Å². The number of hydrogen-bond donors (Lipinski definition) is 0. The average Bonchev–Trinajstić information content (AvgIpc) is 2.06. The lowest BCUT2D eigenvalue weighted by Crippen LogP contribution is -2.38. The van der Waals surface area contributed by atoms with Gasteiger partial charge in [-0.3, -0.25) is 9.36 Å². The Hall–Kier alpha value is -1.65. The van der Waals surface area contributed by atoms with Gasteiger partial charge in [0.05, 0.1) is 6.54 Å². The van der Waals surface area contributed by atoms with Crippen LogP contribution in [0.15, 0.2) is 21.9 Å². The monoisotopic (exact) mass is 168 g/mol. The molecule has 0 amide bonds. The van der Waals surface area contributed by atoms with E-state index >= 15 is 0 Å². The second-order valence-corrected chi connectivity index (χ2v) is 2.32. The van der Waals surface area contributed by atoms with Crippen molar-refractivity contribution in [2.75, 3.05) is 0 Å². The van der Waals surface area contributed by atoms with Crippen molar-refractivity contribution in [3.05, 3.63) is 33.1 Å². The molecule has 0 bridgehead atoms. The minimum absolute atomic E-state index is 0.188. The Balaban J connectivity index is 3.43. The maximum atomic E-state index is 11.1. The first kappa shape index (κ1) is 8.45. The summed E-state index contributed by atoms with van der Waals surface area (Å²) in [6, 6.07) is 1.24. The molecule has 0 aromatic carbocycles. The molecule has 1 aromatic heterocycles. The Morgan fingerprint density at radius 2 is 2.17 bits per heavy atom. The number of aryl methyl sites for hydroxylation is 1. The lowest BCUT2D eigenvalue weighted by molar-refractivity contribution is -0.108. The summed E-state index contributed by atoms with van der Waals surface area (Å²) >= 11 is 0. The van der Waals surface area contributed by atoms with Gasteiger partial charge < -0.3 is 9.36 Å². The van der Waals surface area contributed by atoms with Crippen LogP contribution in [0.25, 0.3) is 0 Å². The van der Waals surface area contributed by atoms with E-state index in [4.69, 9.17) is 0 Å². The molecular formula is C7H8N2O3. The molecule has 12 heavy (non-hydrogen) atoms. The van der Waals surface area contributed by atoms with E-state index in [0.717, 1.165) is 4.57 Å². The average molecular weight is 168 g/mol. The third kappa shape index (κ3) is 1.34. The molecule has 0 saturated carbocycles. The largest absolute Gasteiger partial charge is 0.331 e. The number of hydrogen-bond acceptors (Lipinski definition) is 3. The van der Waals surface area contributed by atoms with Crippen LogP contribution in [0.4, 0.5) is 0 Å². The van der Waals surface area contributed by atoms with Crippen LogP contribution >= 0.6 is 0 Å².